The fraction of sp³-hybridized carbons (Fsp3) is 0.818. The second-order valence-electron chi connectivity index (χ2n) is 4.67. The molecule has 0 radical (unpaired) electrons. The number of hydrogen-bond donors (Lipinski definition) is 1. The van der Waals surface area contributed by atoms with Gasteiger partial charge in [0.05, 0.1) is 0 Å². The number of carbonyl (C=O) groups is 2. The average Bonchev–Trinajstić information content (AvgIpc) is 2.16. The maximum absolute atomic E-state index is 11.8. The third kappa shape index (κ3) is 3.90. The van der Waals surface area contributed by atoms with Crippen LogP contribution in [-0.2, 0) is 9.59 Å². The summed E-state index contributed by atoms with van der Waals surface area (Å²) in [6.45, 7) is 7.40. The predicted octanol–water partition coefficient (Wildman–Crippen LogP) is 1.02. The Kier molecular flexibility index (Phi) is 4.78. The highest BCUT2D eigenvalue weighted by molar-refractivity contribution is 5.89. The number of rotatable bonds is 4. The van der Waals surface area contributed by atoms with Gasteiger partial charge in [-0.25, -0.2) is 0 Å². The standard InChI is InChI=1S/C11H22N2O2/c1-7-11(3,4)10(15)12-8(2)9(14)13(5)6/h8H,7H2,1-6H3,(H,12,15). The van der Waals surface area contributed by atoms with Crippen molar-refractivity contribution in [3.05, 3.63) is 0 Å². The van der Waals surface area contributed by atoms with Gasteiger partial charge in [-0.3, -0.25) is 9.59 Å². The lowest BCUT2D eigenvalue weighted by Gasteiger charge is -2.25. The molecule has 0 bridgehead atoms. The summed E-state index contributed by atoms with van der Waals surface area (Å²) in [7, 11) is 3.35. The number of nitrogens with zero attached hydrogens (tertiary/aromatic N) is 1. The predicted molar refractivity (Wildman–Crippen MR) is 60.4 cm³/mol. The van der Waals surface area contributed by atoms with E-state index in [2.05, 4.69) is 5.32 Å². The Morgan fingerprint density at radius 2 is 1.80 bits per heavy atom. The molecule has 88 valence electrons. The largest absolute Gasteiger partial charge is 0.347 e. The Morgan fingerprint density at radius 1 is 1.33 bits per heavy atom. The van der Waals surface area contributed by atoms with Gasteiger partial charge in [0.25, 0.3) is 0 Å². The van der Waals surface area contributed by atoms with Crippen molar-refractivity contribution >= 4 is 11.8 Å². The van der Waals surface area contributed by atoms with Crippen LogP contribution in [-0.4, -0.2) is 36.9 Å². The van der Waals surface area contributed by atoms with Crippen molar-refractivity contribution in [1.82, 2.24) is 10.2 Å². The first-order chi connectivity index (χ1) is 6.72. The van der Waals surface area contributed by atoms with E-state index in [-0.39, 0.29) is 11.8 Å². The number of amides is 2. The third-order valence-electron chi connectivity index (χ3n) is 2.66. The minimum absolute atomic E-state index is 0.0762. The second kappa shape index (κ2) is 5.14. The van der Waals surface area contributed by atoms with Crippen molar-refractivity contribution in [3.63, 3.8) is 0 Å². The lowest BCUT2D eigenvalue weighted by molar-refractivity contribution is -0.137. The fourth-order valence-electron chi connectivity index (χ4n) is 1.00. The summed E-state index contributed by atoms with van der Waals surface area (Å²) in [4.78, 5) is 24.7. The van der Waals surface area contributed by atoms with E-state index in [0.29, 0.717) is 0 Å². The summed E-state index contributed by atoms with van der Waals surface area (Å²) in [6, 6.07) is -0.460. The Hall–Kier alpha value is -1.06. The number of carbonyl (C=O) groups excluding carboxylic acids is 2. The molecule has 0 aromatic rings. The first kappa shape index (κ1) is 13.9. The molecule has 0 saturated carbocycles. The van der Waals surface area contributed by atoms with Crippen molar-refractivity contribution < 1.29 is 9.59 Å². The molecule has 0 aromatic carbocycles. The van der Waals surface area contributed by atoms with E-state index >= 15 is 0 Å². The van der Waals surface area contributed by atoms with Gasteiger partial charge in [-0.1, -0.05) is 20.8 Å². The van der Waals surface area contributed by atoms with E-state index < -0.39 is 11.5 Å². The lowest BCUT2D eigenvalue weighted by Crippen LogP contribution is -2.48. The van der Waals surface area contributed by atoms with Gasteiger partial charge in [-0.05, 0) is 13.3 Å². The van der Waals surface area contributed by atoms with Crippen LogP contribution in [0.4, 0.5) is 0 Å². The van der Waals surface area contributed by atoms with Crippen LogP contribution in [0.25, 0.3) is 0 Å². The Balaban J connectivity index is 4.37. The van der Waals surface area contributed by atoms with E-state index in [4.69, 9.17) is 0 Å². The second-order valence-corrected chi connectivity index (χ2v) is 4.67. The van der Waals surface area contributed by atoms with Crippen molar-refractivity contribution in [1.29, 1.82) is 0 Å². The van der Waals surface area contributed by atoms with Crippen LogP contribution in [0.15, 0.2) is 0 Å². The molecule has 0 aromatic heterocycles. The molecule has 1 N–H and O–H groups in total. The molecule has 2 amide bonds. The summed E-state index contributed by atoms with van der Waals surface area (Å²) < 4.78 is 0. The zero-order valence-corrected chi connectivity index (χ0v) is 10.5. The molecule has 4 heteroatoms. The van der Waals surface area contributed by atoms with Crippen LogP contribution >= 0.6 is 0 Å². The van der Waals surface area contributed by atoms with Gasteiger partial charge in [0.1, 0.15) is 6.04 Å². The lowest BCUT2D eigenvalue weighted by atomic mass is 9.89. The van der Waals surface area contributed by atoms with Crippen molar-refractivity contribution in [2.45, 2.75) is 40.2 Å². The zero-order valence-electron chi connectivity index (χ0n) is 10.5. The van der Waals surface area contributed by atoms with Gasteiger partial charge in [-0.15, -0.1) is 0 Å². The van der Waals surface area contributed by atoms with Crippen molar-refractivity contribution in [2.24, 2.45) is 5.41 Å². The summed E-state index contributed by atoms with van der Waals surface area (Å²) in [5, 5.41) is 2.72. The molecule has 0 aliphatic heterocycles. The van der Waals surface area contributed by atoms with Crippen LogP contribution < -0.4 is 5.32 Å². The van der Waals surface area contributed by atoms with E-state index in [0.717, 1.165) is 6.42 Å². The smallest absolute Gasteiger partial charge is 0.244 e. The molecule has 0 spiro atoms. The monoisotopic (exact) mass is 214 g/mol. The van der Waals surface area contributed by atoms with Crippen LogP contribution in [0.2, 0.25) is 0 Å². The van der Waals surface area contributed by atoms with Crippen LogP contribution in [0, 0.1) is 5.41 Å². The van der Waals surface area contributed by atoms with E-state index in [1.165, 1.54) is 4.90 Å². The Bertz CT molecular complexity index is 247. The zero-order chi connectivity index (χ0) is 12.2. The summed E-state index contributed by atoms with van der Waals surface area (Å²) in [6.07, 6.45) is 0.752. The van der Waals surface area contributed by atoms with Gasteiger partial charge >= 0.3 is 0 Å². The van der Waals surface area contributed by atoms with Gasteiger partial charge in [0, 0.05) is 19.5 Å². The first-order valence-corrected chi connectivity index (χ1v) is 5.24. The summed E-state index contributed by atoms with van der Waals surface area (Å²) >= 11 is 0. The molecule has 0 rings (SSSR count). The number of hydrogen-bond acceptors (Lipinski definition) is 2. The van der Waals surface area contributed by atoms with E-state index in [1.54, 1.807) is 21.0 Å². The normalized spacial score (nSPS) is 13.2. The van der Waals surface area contributed by atoms with Gasteiger partial charge in [0.15, 0.2) is 0 Å². The fourth-order valence-corrected chi connectivity index (χ4v) is 1.00. The maximum atomic E-state index is 11.8. The van der Waals surface area contributed by atoms with Gasteiger partial charge in [-0.2, -0.15) is 0 Å². The molecular weight excluding hydrogens is 192 g/mol. The first-order valence-electron chi connectivity index (χ1n) is 5.24. The molecule has 0 heterocycles. The number of nitrogens with one attached hydrogen (secondary N) is 1. The van der Waals surface area contributed by atoms with Gasteiger partial charge in [0.2, 0.25) is 11.8 Å². The average molecular weight is 214 g/mol. The van der Waals surface area contributed by atoms with E-state index in [1.807, 2.05) is 20.8 Å². The summed E-state index contributed by atoms with van der Waals surface area (Å²) in [5.74, 6) is -0.164. The highest BCUT2D eigenvalue weighted by Crippen LogP contribution is 2.19. The van der Waals surface area contributed by atoms with Crippen LogP contribution in [0.1, 0.15) is 34.1 Å². The molecule has 1 atom stereocenters. The molecule has 0 aliphatic carbocycles. The van der Waals surface area contributed by atoms with Crippen molar-refractivity contribution in [3.8, 4) is 0 Å². The topological polar surface area (TPSA) is 49.4 Å². The maximum Gasteiger partial charge on any atom is 0.244 e. The third-order valence-corrected chi connectivity index (χ3v) is 2.66. The molecule has 0 saturated heterocycles. The molecule has 0 aliphatic rings. The Morgan fingerprint density at radius 3 is 2.13 bits per heavy atom. The van der Waals surface area contributed by atoms with Gasteiger partial charge < -0.3 is 10.2 Å². The summed E-state index contributed by atoms with van der Waals surface area (Å²) in [5.41, 5.74) is -0.416. The van der Waals surface area contributed by atoms with E-state index in [9.17, 15) is 9.59 Å². The van der Waals surface area contributed by atoms with Crippen LogP contribution in [0.3, 0.4) is 0 Å². The SMILES string of the molecule is CCC(C)(C)C(=O)NC(C)C(=O)N(C)C. The molecule has 15 heavy (non-hydrogen) atoms. The quantitative estimate of drug-likeness (QED) is 0.759. The highest BCUT2D eigenvalue weighted by Gasteiger charge is 2.28. The minimum Gasteiger partial charge on any atom is -0.347 e. The molecule has 4 nitrogen and oxygen atoms in total. The van der Waals surface area contributed by atoms with Crippen LogP contribution in [0.5, 0.6) is 0 Å². The van der Waals surface area contributed by atoms with Crippen molar-refractivity contribution in [2.75, 3.05) is 14.1 Å². The Labute approximate surface area is 92.0 Å². The highest BCUT2D eigenvalue weighted by atomic mass is 16.2. The molecule has 1 unspecified atom stereocenters. The molecular formula is C11H22N2O2. The number of likely N-dealkylation sites (N-methyl/N-ethyl adjacent to an activating group) is 1. The minimum atomic E-state index is -0.460. The molecule has 0 fully saturated rings.